The fourth-order valence-corrected chi connectivity index (χ4v) is 6.38. The molecule has 3 heterocycles. The van der Waals surface area contributed by atoms with Crippen LogP contribution in [0.4, 0.5) is 0 Å². The highest BCUT2D eigenvalue weighted by molar-refractivity contribution is 5.81. The van der Waals surface area contributed by atoms with Crippen LogP contribution in [0, 0.1) is 23.2 Å². The molecule has 1 spiro atoms. The normalized spacial score (nSPS) is 31.6. The van der Waals surface area contributed by atoms with E-state index in [0.29, 0.717) is 17.1 Å². The van der Waals surface area contributed by atoms with Crippen molar-refractivity contribution in [3.05, 3.63) is 0 Å². The van der Waals surface area contributed by atoms with Crippen LogP contribution in [0.25, 0.3) is 0 Å². The Balaban J connectivity index is 0.000000860. The Morgan fingerprint density at radius 2 is 1.34 bits per heavy atom. The van der Waals surface area contributed by atoms with Crippen molar-refractivity contribution in [3.63, 3.8) is 0 Å². The summed E-state index contributed by atoms with van der Waals surface area (Å²) in [5.41, 5.74) is 0.574. The van der Waals surface area contributed by atoms with Gasteiger partial charge in [-0.15, -0.1) is 0 Å². The molecule has 0 bridgehead atoms. The van der Waals surface area contributed by atoms with Gasteiger partial charge in [-0.25, -0.2) is 0 Å². The Morgan fingerprint density at radius 1 is 0.781 bits per heavy atom. The summed E-state index contributed by atoms with van der Waals surface area (Å²) < 4.78 is 0. The summed E-state index contributed by atoms with van der Waals surface area (Å²) in [6.07, 6.45) is 8.72. The van der Waals surface area contributed by atoms with Crippen LogP contribution in [0.15, 0.2) is 0 Å². The van der Waals surface area contributed by atoms with Crippen molar-refractivity contribution in [1.82, 2.24) is 14.7 Å². The zero-order chi connectivity index (χ0) is 23.7. The van der Waals surface area contributed by atoms with E-state index in [1.165, 1.54) is 45.6 Å². The Hall–Kier alpha value is -0.940. The van der Waals surface area contributed by atoms with E-state index >= 15 is 0 Å². The first-order valence-corrected chi connectivity index (χ1v) is 13.6. The summed E-state index contributed by atoms with van der Waals surface area (Å²) in [6, 6.07) is 0. The van der Waals surface area contributed by atoms with E-state index in [-0.39, 0.29) is 11.8 Å². The van der Waals surface area contributed by atoms with Crippen LogP contribution in [0.1, 0.15) is 86.0 Å². The number of hydrogen-bond acceptors (Lipinski definition) is 4. The third-order valence-corrected chi connectivity index (χ3v) is 8.24. The summed E-state index contributed by atoms with van der Waals surface area (Å²) in [5, 5.41) is 0. The molecule has 1 aliphatic carbocycles. The standard InChI is InChI=1S/C23H39N3O2.2C2H6/c1-18(27)20-3-5-21(6-4-20)22(28)26-11-7-19(8-12-26)15-25-14-10-23(17-25)9-13-24(2)16-23;2*1-2/h19-21H,3-17H2,1-2H3;2*1-2H3. The van der Waals surface area contributed by atoms with E-state index in [0.717, 1.165) is 57.5 Å². The number of Topliss-reactive ketones (excluding diaryl/α,β-unsaturated/α-hetero) is 1. The Kier molecular flexibility index (Phi) is 11.2. The SMILES string of the molecule is CC.CC.CC(=O)C1CCC(C(=O)N2CCC(CN3CCC4(CCN(C)C4)C3)CC2)CC1. The summed E-state index contributed by atoms with van der Waals surface area (Å²) in [6.45, 7) is 17.9. The number of amides is 1. The molecule has 4 fully saturated rings. The summed E-state index contributed by atoms with van der Waals surface area (Å²) >= 11 is 0. The topological polar surface area (TPSA) is 43.9 Å². The zero-order valence-electron chi connectivity index (χ0n) is 22.0. The van der Waals surface area contributed by atoms with Gasteiger partial charge in [0.15, 0.2) is 0 Å². The lowest BCUT2D eigenvalue weighted by Crippen LogP contribution is -2.44. The number of hydrogen-bond donors (Lipinski definition) is 0. The molecular weight excluding hydrogens is 398 g/mol. The second-order valence-corrected chi connectivity index (χ2v) is 10.4. The molecule has 0 aromatic carbocycles. The first-order valence-electron chi connectivity index (χ1n) is 13.6. The number of likely N-dealkylation sites (tertiary alicyclic amines) is 3. The minimum atomic E-state index is 0.171. The van der Waals surface area contributed by atoms with Crippen molar-refractivity contribution in [1.29, 1.82) is 0 Å². The quantitative estimate of drug-likeness (QED) is 0.624. The molecule has 4 rings (SSSR count). The van der Waals surface area contributed by atoms with Crippen molar-refractivity contribution in [2.24, 2.45) is 23.2 Å². The Bertz CT molecular complexity index is 579. The molecule has 0 aromatic rings. The maximum atomic E-state index is 12.9. The molecule has 0 radical (unpaired) electrons. The van der Waals surface area contributed by atoms with Gasteiger partial charge in [0.25, 0.3) is 0 Å². The maximum Gasteiger partial charge on any atom is 0.225 e. The number of carbonyl (C=O) groups excluding carboxylic acids is 2. The number of ketones is 1. The average Bonchev–Trinajstić information content (AvgIpc) is 3.40. The molecule has 0 aromatic heterocycles. The van der Waals surface area contributed by atoms with E-state index in [9.17, 15) is 9.59 Å². The van der Waals surface area contributed by atoms with E-state index in [1.54, 1.807) is 6.92 Å². The van der Waals surface area contributed by atoms with Crippen LogP contribution in [0.5, 0.6) is 0 Å². The van der Waals surface area contributed by atoms with E-state index < -0.39 is 0 Å². The lowest BCUT2D eigenvalue weighted by atomic mass is 9.79. The van der Waals surface area contributed by atoms with Gasteiger partial charge in [-0.1, -0.05) is 27.7 Å². The number of carbonyl (C=O) groups is 2. The van der Waals surface area contributed by atoms with Crippen LogP contribution in [0.3, 0.4) is 0 Å². The summed E-state index contributed by atoms with van der Waals surface area (Å²) in [5.74, 6) is 1.81. The molecule has 3 saturated heterocycles. The molecule has 1 amide bonds. The third kappa shape index (κ3) is 7.03. The van der Waals surface area contributed by atoms with Gasteiger partial charge >= 0.3 is 0 Å². The van der Waals surface area contributed by atoms with E-state index in [4.69, 9.17) is 0 Å². The van der Waals surface area contributed by atoms with Crippen LogP contribution < -0.4 is 0 Å². The average molecular weight is 450 g/mol. The molecule has 4 aliphatic rings. The minimum absolute atomic E-state index is 0.171. The predicted octanol–water partition coefficient (Wildman–Crippen LogP) is 4.70. The molecule has 186 valence electrons. The summed E-state index contributed by atoms with van der Waals surface area (Å²) in [4.78, 5) is 31.8. The van der Waals surface area contributed by atoms with Gasteiger partial charge in [0.1, 0.15) is 5.78 Å². The smallest absolute Gasteiger partial charge is 0.225 e. The lowest BCUT2D eigenvalue weighted by Gasteiger charge is -2.37. The lowest BCUT2D eigenvalue weighted by molar-refractivity contribution is -0.139. The maximum absolute atomic E-state index is 12.9. The molecule has 1 unspecified atom stereocenters. The zero-order valence-corrected chi connectivity index (χ0v) is 22.0. The number of piperidine rings is 1. The van der Waals surface area contributed by atoms with Gasteiger partial charge in [-0.3, -0.25) is 9.59 Å². The van der Waals surface area contributed by atoms with Crippen LogP contribution in [-0.2, 0) is 9.59 Å². The summed E-state index contributed by atoms with van der Waals surface area (Å²) in [7, 11) is 2.26. The van der Waals surface area contributed by atoms with Crippen LogP contribution >= 0.6 is 0 Å². The van der Waals surface area contributed by atoms with E-state index in [2.05, 4.69) is 21.7 Å². The number of nitrogens with zero attached hydrogens (tertiary/aromatic N) is 3. The van der Waals surface area contributed by atoms with E-state index in [1.807, 2.05) is 27.7 Å². The van der Waals surface area contributed by atoms with Gasteiger partial charge in [0, 0.05) is 44.6 Å². The molecule has 1 saturated carbocycles. The molecule has 3 aliphatic heterocycles. The Labute approximate surface area is 198 Å². The van der Waals surface area contributed by atoms with Gasteiger partial charge < -0.3 is 14.7 Å². The van der Waals surface area contributed by atoms with Crippen LogP contribution in [-0.4, -0.2) is 79.3 Å². The predicted molar refractivity (Wildman–Crippen MR) is 134 cm³/mol. The highest BCUT2D eigenvalue weighted by atomic mass is 16.2. The first-order chi connectivity index (χ1) is 15.4. The van der Waals surface area contributed by atoms with Gasteiger partial charge in [-0.05, 0) is 89.8 Å². The highest BCUT2D eigenvalue weighted by Gasteiger charge is 2.42. The molecule has 5 heteroatoms. The fourth-order valence-electron chi connectivity index (χ4n) is 6.38. The third-order valence-electron chi connectivity index (χ3n) is 8.24. The molecule has 1 atom stereocenters. The second-order valence-electron chi connectivity index (χ2n) is 10.4. The first kappa shape index (κ1) is 27.3. The molecule has 32 heavy (non-hydrogen) atoms. The van der Waals surface area contributed by atoms with Crippen molar-refractivity contribution in [2.75, 3.05) is 52.9 Å². The largest absolute Gasteiger partial charge is 0.342 e. The van der Waals surface area contributed by atoms with Crippen molar-refractivity contribution >= 4 is 11.7 Å². The molecule has 5 nitrogen and oxygen atoms in total. The van der Waals surface area contributed by atoms with Gasteiger partial charge in [-0.2, -0.15) is 0 Å². The second kappa shape index (κ2) is 13.1. The minimum Gasteiger partial charge on any atom is -0.342 e. The van der Waals surface area contributed by atoms with Crippen molar-refractivity contribution in [3.8, 4) is 0 Å². The Morgan fingerprint density at radius 3 is 1.88 bits per heavy atom. The van der Waals surface area contributed by atoms with Crippen molar-refractivity contribution in [2.45, 2.75) is 86.0 Å². The van der Waals surface area contributed by atoms with Gasteiger partial charge in [0.05, 0.1) is 0 Å². The fraction of sp³-hybridized carbons (Fsp3) is 0.926. The number of rotatable bonds is 4. The van der Waals surface area contributed by atoms with Crippen molar-refractivity contribution < 1.29 is 9.59 Å². The van der Waals surface area contributed by atoms with Gasteiger partial charge in [0.2, 0.25) is 5.91 Å². The highest BCUT2D eigenvalue weighted by Crippen LogP contribution is 2.39. The van der Waals surface area contributed by atoms with Crippen LogP contribution in [0.2, 0.25) is 0 Å². The monoisotopic (exact) mass is 449 g/mol. The molecule has 0 N–H and O–H groups in total. The molecular formula is C27H51N3O2.